The van der Waals surface area contributed by atoms with Crippen molar-refractivity contribution in [2.45, 2.75) is 72.3 Å². The molecule has 4 heterocycles. The number of aromatic nitrogens is 4. The number of carbonyl (C=O) groups excluding carboxylic acids is 3. The van der Waals surface area contributed by atoms with Crippen molar-refractivity contribution >= 4 is 40.4 Å². The third-order valence-corrected chi connectivity index (χ3v) is 9.06. The molecule has 1 aliphatic heterocycles. The van der Waals surface area contributed by atoms with E-state index in [2.05, 4.69) is 20.3 Å². The van der Waals surface area contributed by atoms with E-state index in [1.54, 1.807) is 48.0 Å². The summed E-state index contributed by atoms with van der Waals surface area (Å²) in [5, 5.41) is 3.22. The number of fused-ring (bicyclic) bond motifs is 2. The quantitative estimate of drug-likeness (QED) is 0.247. The first-order chi connectivity index (χ1) is 22.1. The van der Waals surface area contributed by atoms with Crippen LogP contribution in [0.25, 0.3) is 28.1 Å². The first kappa shape index (κ1) is 31.9. The normalized spacial score (nSPS) is 20.8. The molecule has 0 unspecified atom stereocenters. The zero-order valence-corrected chi connectivity index (χ0v) is 26.6. The minimum absolute atomic E-state index is 0.135. The largest absolute Gasteiger partial charge is 0.433 e. The number of halogens is 3. The molecule has 3 aromatic heterocycles. The fraction of sp³-hybridized carbons (Fsp3) is 0.353. The van der Waals surface area contributed by atoms with Gasteiger partial charge in [-0.25, -0.2) is 15.0 Å². The van der Waals surface area contributed by atoms with Gasteiger partial charge < -0.3 is 20.5 Å². The molecule has 0 bridgehead atoms. The number of rotatable bonds is 7. The Morgan fingerprint density at radius 1 is 1.06 bits per heavy atom. The van der Waals surface area contributed by atoms with Gasteiger partial charge in [0.15, 0.2) is 11.6 Å². The molecule has 47 heavy (non-hydrogen) atoms. The van der Waals surface area contributed by atoms with Gasteiger partial charge in [-0.2, -0.15) is 13.2 Å². The van der Waals surface area contributed by atoms with Crippen LogP contribution in [-0.2, 0) is 22.3 Å². The molecular formula is C34H34F3N7O3. The fourth-order valence-corrected chi connectivity index (χ4v) is 6.59. The molecule has 3 N–H and O–H groups in total. The van der Waals surface area contributed by atoms with Crippen molar-refractivity contribution in [3.63, 3.8) is 0 Å². The molecule has 0 spiro atoms. The second kappa shape index (κ2) is 11.3. The van der Waals surface area contributed by atoms with E-state index in [0.717, 1.165) is 29.2 Å². The maximum absolute atomic E-state index is 14.0. The number of carbonyl (C=O) groups is 3. The Hall–Kier alpha value is -5.07. The van der Waals surface area contributed by atoms with Crippen molar-refractivity contribution in [2.75, 3.05) is 5.32 Å². The number of ketones is 1. The second-order valence-corrected chi connectivity index (χ2v) is 12.9. The monoisotopic (exact) mass is 645 g/mol. The molecule has 1 aliphatic carbocycles. The van der Waals surface area contributed by atoms with Crippen LogP contribution in [-0.4, -0.2) is 54.1 Å². The molecule has 1 aromatic carbocycles. The van der Waals surface area contributed by atoms with Crippen LogP contribution in [0.3, 0.4) is 0 Å². The van der Waals surface area contributed by atoms with Gasteiger partial charge in [-0.15, -0.1) is 0 Å². The highest BCUT2D eigenvalue weighted by molar-refractivity contribution is 6.09. The number of alkyl halides is 3. The van der Waals surface area contributed by atoms with Crippen LogP contribution >= 0.6 is 0 Å². The summed E-state index contributed by atoms with van der Waals surface area (Å²) in [5.41, 5.74) is 8.79. The van der Waals surface area contributed by atoms with Gasteiger partial charge in [-0.3, -0.25) is 14.4 Å². The van der Waals surface area contributed by atoms with E-state index in [-0.39, 0.29) is 35.5 Å². The van der Waals surface area contributed by atoms with E-state index >= 15 is 0 Å². The van der Waals surface area contributed by atoms with Crippen LogP contribution in [0.15, 0.2) is 48.6 Å². The average molecular weight is 646 g/mol. The Kier molecular flexibility index (Phi) is 7.68. The summed E-state index contributed by atoms with van der Waals surface area (Å²) in [6.45, 7) is 8.51. The van der Waals surface area contributed by atoms with Gasteiger partial charge in [0.1, 0.15) is 24.1 Å². The number of nitrogens with one attached hydrogen (secondary N) is 1. The van der Waals surface area contributed by atoms with Gasteiger partial charge in [0.05, 0.1) is 5.52 Å². The number of likely N-dealkylation sites (tertiary alicyclic amines) is 1. The van der Waals surface area contributed by atoms with Crippen LogP contribution < -0.4 is 11.1 Å². The van der Waals surface area contributed by atoms with E-state index in [4.69, 9.17) is 5.73 Å². The third kappa shape index (κ3) is 5.97. The molecule has 2 fully saturated rings. The Balaban J connectivity index is 1.29. The molecule has 2 aliphatic rings. The molecular weight excluding hydrogens is 611 g/mol. The highest BCUT2D eigenvalue weighted by Gasteiger charge is 2.64. The van der Waals surface area contributed by atoms with Gasteiger partial charge in [-0.1, -0.05) is 13.0 Å². The average Bonchev–Trinajstić information content (AvgIpc) is 3.33. The number of allylic oxidation sites excluding steroid dienone is 1. The molecule has 13 heteroatoms. The molecule has 10 nitrogen and oxygen atoms in total. The van der Waals surface area contributed by atoms with Gasteiger partial charge in [-0.05, 0) is 80.8 Å². The minimum atomic E-state index is -4.67. The van der Waals surface area contributed by atoms with Crippen molar-refractivity contribution < 1.29 is 27.6 Å². The number of nitrogens with two attached hydrogens (primary N) is 1. The highest BCUT2D eigenvalue weighted by atomic mass is 19.4. The summed E-state index contributed by atoms with van der Waals surface area (Å²) in [7, 11) is 0. The lowest BCUT2D eigenvalue weighted by molar-refractivity contribution is -0.141. The maximum Gasteiger partial charge on any atom is 0.433 e. The molecule has 244 valence electrons. The molecule has 2 amide bonds. The summed E-state index contributed by atoms with van der Waals surface area (Å²) in [6.07, 6.45) is 3.10. The topological polar surface area (TPSA) is 136 Å². The lowest BCUT2D eigenvalue weighted by Gasteiger charge is -2.27. The number of hydrogen-bond donors (Lipinski definition) is 2. The second-order valence-electron chi connectivity index (χ2n) is 12.9. The first-order valence-corrected chi connectivity index (χ1v) is 15.1. The number of aryl methyl sites for hydroxylation is 2. The van der Waals surface area contributed by atoms with Gasteiger partial charge in [0, 0.05) is 52.9 Å². The lowest BCUT2D eigenvalue weighted by Crippen LogP contribution is -2.46. The van der Waals surface area contributed by atoms with E-state index in [9.17, 15) is 27.6 Å². The van der Waals surface area contributed by atoms with Gasteiger partial charge in [0.2, 0.25) is 11.8 Å². The van der Waals surface area contributed by atoms with Crippen LogP contribution in [0.5, 0.6) is 0 Å². The van der Waals surface area contributed by atoms with Crippen LogP contribution in [0.2, 0.25) is 0 Å². The molecule has 4 aromatic rings. The summed E-state index contributed by atoms with van der Waals surface area (Å²) in [4.78, 5) is 54.2. The van der Waals surface area contributed by atoms with E-state index in [1.807, 2.05) is 26.0 Å². The zero-order valence-electron chi connectivity index (χ0n) is 26.6. The van der Waals surface area contributed by atoms with E-state index in [0.29, 0.717) is 40.0 Å². The number of hydrogen-bond acceptors (Lipinski definition) is 7. The molecule has 1 saturated heterocycles. The number of benzene rings is 1. The summed E-state index contributed by atoms with van der Waals surface area (Å²) >= 11 is 0. The number of pyridine rings is 1. The number of amides is 2. The van der Waals surface area contributed by atoms with Gasteiger partial charge in [0.25, 0.3) is 0 Å². The predicted molar refractivity (Wildman–Crippen MR) is 170 cm³/mol. The van der Waals surface area contributed by atoms with E-state index < -0.39 is 23.8 Å². The molecule has 6 rings (SSSR count). The van der Waals surface area contributed by atoms with Crippen molar-refractivity contribution in [3.8, 4) is 11.1 Å². The zero-order chi connectivity index (χ0) is 34.0. The predicted octanol–water partition coefficient (Wildman–Crippen LogP) is 5.67. The summed E-state index contributed by atoms with van der Waals surface area (Å²) in [5.74, 6) is -0.807. The van der Waals surface area contributed by atoms with Crippen molar-refractivity contribution in [3.05, 3.63) is 76.8 Å². The van der Waals surface area contributed by atoms with Crippen molar-refractivity contribution in [2.24, 2.45) is 11.1 Å². The first-order valence-electron chi connectivity index (χ1n) is 15.1. The van der Waals surface area contributed by atoms with Crippen LogP contribution in [0.4, 0.5) is 19.0 Å². The molecule has 3 atom stereocenters. The maximum atomic E-state index is 14.0. The number of anilines is 1. The number of nitrogens with zero attached hydrogens (tertiary/aromatic N) is 5. The minimum Gasteiger partial charge on any atom is -0.402 e. The Morgan fingerprint density at radius 3 is 2.40 bits per heavy atom. The number of piperidine rings is 1. The smallest absolute Gasteiger partial charge is 0.402 e. The summed E-state index contributed by atoms with van der Waals surface area (Å²) in [6, 6.07) is 4.86. The Morgan fingerprint density at radius 2 is 1.77 bits per heavy atom. The van der Waals surface area contributed by atoms with Crippen molar-refractivity contribution in [1.29, 1.82) is 0 Å². The van der Waals surface area contributed by atoms with Crippen molar-refractivity contribution in [1.82, 2.24) is 24.4 Å². The SMILES string of the molecule is CC(=O)c1cn(CC(=O)N2[C@H](C(=O)Nc3nc(C(F)(F)F)ccc3C)C[C@@]3(C)C[C@@H]23)c2c(C)cc(-c3cnc(/C=C(/C)N)nc3)cc12. The highest BCUT2D eigenvalue weighted by Crippen LogP contribution is 2.59. The Bertz CT molecular complexity index is 1980. The number of Topliss-reactive ketones (excluding diaryl/α,β-unsaturated/α-hetero) is 1. The summed E-state index contributed by atoms with van der Waals surface area (Å²) < 4.78 is 41.7. The van der Waals surface area contributed by atoms with E-state index in [1.165, 1.54) is 13.0 Å². The molecule has 1 saturated carbocycles. The van der Waals surface area contributed by atoms with Crippen LogP contribution in [0, 0.1) is 19.3 Å². The standard InChI is InChI=1S/C34H34F3N7O3/c1-17-6-7-26(34(35,36)37)41-31(17)42-32(47)25-11-33(5)12-27(33)44(25)29(46)16-43-15-24(20(4)45)23-10-21(8-18(2)30(23)43)22-13-39-28(40-14-22)9-19(3)38/h6-10,13-15,25,27H,11-12,16,38H2,1-5H3,(H,41,42,47)/b19-9-/t25-,27+,33-/m0/s1. The Labute approximate surface area is 268 Å². The van der Waals surface area contributed by atoms with Crippen LogP contribution in [0.1, 0.15) is 66.6 Å². The third-order valence-electron chi connectivity index (χ3n) is 9.06. The fourth-order valence-electron chi connectivity index (χ4n) is 6.59. The lowest BCUT2D eigenvalue weighted by atomic mass is 10.0. The van der Waals surface area contributed by atoms with Gasteiger partial charge >= 0.3 is 6.18 Å². The molecule has 0 radical (unpaired) electrons.